The van der Waals surface area contributed by atoms with Crippen LogP contribution in [0.15, 0.2) is 0 Å². The van der Waals surface area contributed by atoms with Crippen molar-refractivity contribution in [2.75, 3.05) is 27.2 Å². The first-order chi connectivity index (χ1) is 7.97. The standard InChI is InChI=1S/C11H20N2O4/c1-8(7-12(2)17-3)10(14)13-6-4-5-9(13)11(15)16/h8-9H,4-7H2,1-3H3,(H,15,16)/t8?,9-/m1/s1. The molecule has 0 bridgehead atoms. The van der Waals surface area contributed by atoms with Crippen molar-refractivity contribution in [1.82, 2.24) is 9.96 Å². The molecule has 0 aromatic carbocycles. The Labute approximate surface area is 101 Å². The van der Waals surface area contributed by atoms with Gasteiger partial charge in [0.25, 0.3) is 0 Å². The van der Waals surface area contributed by atoms with Crippen LogP contribution >= 0.6 is 0 Å². The van der Waals surface area contributed by atoms with Gasteiger partial charge in [-0.25, -0.2) is 4.79 Å². The molecular weight excluding hydrogens is 224 g/mol. The van der Waals surface area contributed by atoms with Gasteiger partial charge >= 0.3 is 5.97 Å². The molecule has 17 heavy (non-hydrogen) atoms. The van der Waals surface area contributed by atoms with Crippen LogP contribution in [0.1, 0.15) is 19.8 Å². The van der Waals surface area contributed by atoms with Gasteiger partial charge in [0.2, 0.25) is 5.91 Å². The van der Waals surface area contributed by atoms with Crippen LogP contribution in [-0.2, 0) is 14.4 Å². The first kappa shape index (κ1) is 13.9. The summed E-state index contributed by atoms with van der Waals surface area (Å²) < 4.78 is 0. The summed E-state index contributed by atoms with van der Waals surface area (Å²) in [6.45, 7) is 2.78. The Hall–Kier alpha value is -1.14. The minimum atomic E-state index is -0.914. The monoisotopic (exact) mass is 244 g/mol. The zero-order valence-electron chi connectivity index (χ0n) is 10.5. The molecule has 1 aliphatic rings. The van der Waals surface area contributed by atoms with E-state index in [0.717, 1.165) is 6.42 Å². The number of carboxylic acids is 1. The molecule has 98 valence electrons. The largest absolute Gasteiger partial charge is 0.480 e. The van der Waals surface area contributed by atoms with E-state index in [2.05, 4.69) is 0 Å². The molecule has 0 radical (unpaired) electrons. The summed E-state index contributed by atoms with van der Waals surface area (Å²) in [5.41, 5.74) is 0. The summed E-state index contributed by atoms with van der Waals surface area (Å²) in [6.07, 6.45) is 1.31. The molecule has 1 rings (SSSR count). The van der Waals surface area contributed by atoms with Gasteiger partial charge in [-0.3, -0.25) is 4.79 Å². The predicted octanol–water partition coefficient (Wildman–Crippen LogP) is 0.191. The summed E-state index contributed by atoms with van der Waals surface area (Å²) in [4.78, 5) is 29.5. The Kier molecular flexibility index (Phi) is 4.89. The van der Waals surface area contributed by atoms with Gasteiger partial charge in [-0.2, -0.15) is 5.06 Å². The van der Waals surface area contributed by atoms with E-state index in [0.29, 0.717) is 19.5 Å². The van der Waals surface area contributed by atoms with Crippen molar-refractivity contribution in [3.8, 4) is 0 Å². The normalized spacial score (nSPS) is 21.9. The number of carbonyl (C=O) groups is 2. The van der Waals surface area contributed by atoms with Crippen molar-refractivity contribution < 1.29 is 19.5 Å². The Morgan fingerprint density at radius 2 is 2.24 bits per heavy atom. The maximum Gasteiger partial charge on any atom is 0.326 e. The van der Waals surface area contributed by atoms with Crippen molar-refractivity contribution in [3.05, 3.63) is 0 Å². The summed E-state index contributed by atoms with van der Waals surface area (Å²) in [7, 11) is 3.27. The number of nitrogens with zero attached hydrogens (tertiary/aromatic N) is 2. The molecule has 0 aromatic rings. The van der Waals surface area contributed by atoms with Crippen LogP contribution in [0, 0.1) is 5.92 Å². The highest BCUT2D eigenvalue weighted by molar-refractivity contribution is 5.85. The molecule has 0 aliphatic carbocycles. The van der Waals surface area contributed by atoms with E-state index in [9.17, 15) is 9.59 Å². The number of hydroxylamine groups is 2. The SMILES string of the molecule is CON(C)CC(C)C(=O)N1CCC[C@@H]1C(=O)O. The lowest BCUT2D eigenvalue weighted by Gasteiger charge is -2.26. The number of aliphatic carboxylic acids is 1. The maximum atomic E-state index is 12.1. The summed E-state index contributed by atoms with van der Waals surface area (Å²) in [5.74, 6) is -1.29. The third-order valence-corrected chi connectivity index (χ3v) is 3.09. The van der Waals surface area contributed by atoms with Gasteiger partial charge in [0.15, 0.2) is 0 Å². The summed E-state index contributed by atoms with van der Waals surface area (Å²) >= 11 is 0. The quantitative estimate of drug-likeness (QED) is 0.699. The minimum Gasteiger partial charge on any atom is -0.480 e. The number of carbonyl (C=O) groups excluding carboxylic acids is 1. The molecule has 0 aromatic heterocycles. The molecule has 1 fully saturated rings. The van der Waals surface area contributed by atoms with Crippen molar-refractivity contribution in [3.63, 3.8) is 0 Å². The van der Waals surface area contributed by atoms with Gasteiger partial charge < -0.3 is 14.8 Å². The molecule has 1 amide bonds. The third-order valence-electron chi connectivity index (χ3n) is 3.09. The Bertz CT molecular complexity index is 295. The molecule has 6 heteroatoms. The van der Waals surface area contributed by atoms with E-state index >= 15 is 0 Å². The fourth-order valence-corrected chi connectivity index (χ4v) is 2.11. The Morgan fingerprint density at radius 1 is 1.59 bits per heavy atom. The first-order valence-electron chi connectivity index (χ1n) is 5.76. The van der Waals surface area contributed by atoms with Crippen molar-refractivity contribution >= 4 is 11.9 Å². The highest BCUT2D eigenvalue weighted by Crippen LogP contribution is 2.20. The van der Waals surface area contributed by atoms with E-state index in [-0.39, 0.29) is 11.8 Å². The van der Waals surface area contributed by atoms with Crippen molar-refractivity contribution in [2.24, 2.45) is 5.92 Å². The number of amides is 1. The van der Waals surface area contributed by atoms with Crippen LogP contribution in [0.3, 0.4) is 0 Å². The lowest BCUT2D eigenvalue weighted by molar-refractivity contribution is -0.154. The van der Waals surface area contributed by atoms with Gasteiger partial charge in [0.1, 0.15) is 6.04 Å². The molecular formula is C11H20N2O4. The van der Waals surface area contributed by atoms with Crippen LogP contribution in [0.2, 0.25) is 0 Å². The molecule has 2 atom stereocenters. The Morgan fingerprint density at radius 3 is 2.76 bits per heavy atom. The van der Waals surface area contributed by atoms with E-state index in [1.54, 1.807) is 19.0 Å². The van der Waals surface area contributed by atoms with E-state index < -0.39 is 12.0 Å². The average Bonchev–Trinajstić information content (AvgIpc) is 2.76. The maximum absolute atomic E-state index is 12.1. The molecule has 0 saturated carbocycles. The third kappa shape index (κ3) is 3.41. The predicted molar refractivity (Wildman–Crippen MR) is 61.2 cm³/mol. The van der Waals surface area contributed by atoms with Crippen LogP contribution in [0.5, 0.6) is 0 Å². The number of likely N-dealkylation sites (tertiary alicyclic amines) is 1. The van der Waals surface area contributed by atoms with Crippen molar-refractivity contribution in [1.29, 1.82) is 0 Å². The second-order valence-electron chi connectivity index (χ2n) is 4.42. The van der Waals surface area contributed by atoms with E-state index in [1.807, 2.05) is 0 Å². The lowest BCUT2D eigenvalue weighted by atomic mass is 10.1. The fraction of sp³-hybridized carbons (Fsp3) is 0.818. The van der Waals surface area contributed by atoms with Crippen molar-refractivity contribution in [2.45, 2.75) is 25.8 Å². The van der Waals surface area contributed by atoms with Gasteiger partial charge in [-0.05, 0) is 12.8 Å². The molecule has 1 aliphatic heterocycles. The topological polar surface area (TPSA) is 70.1 Å². The van der Waals surface area contributed by atoms with Gasteiger partial charge in [0, 0.05) is 20.1 Å². The number of rotatable bonds is 5. The van der Waals surface area contributed by atoms with Crippen LogP contribution in [0.25, 0.3) is 0 Å². The van der Waals surface area contributed by atoms with Crippen LogP contribution in [0.4, 0.5) is 0 Å². The summed E-state index contributed by atoms with van der Waals surface area (Å²) in [6, 6.07) is -0.655. The fourth-order valence-electron chi connectivity index (χ4n) is 2.11. The van der Waals surface area contributed by atoms with E-state index in [4.69, 9.17) is 9.94 Å². The molecule has 1 unspecified atom stereocenters. The van der Waals surface area contributed by atoms with Gasteiger partial charge in [0.05, 0.1) is 13.0 Å². The molecule has 0 spiro atoms. The lowest BCUT2D eigenvalue weighted by Crippen LogP contribution is -2.45. The minimum absolute atomic E-state index is 0.112. The smallest absolute Gasteiger partial charge is 0.326 e. The summed E-state index contributed by atoms with van der Waals surface area (Å²) in [5, 5.41) is 10.6. The Balaban J connectivity index is 2.59. The number of hydrogen-bond acceptors (Lipinski definition) is 4. The second-order valence-corrected chi connectivity index (χ2v) is 4.42. The second kappa shape index (κ2) is 5.97. The van der Waals surface area contributed by atoms with Crippen LogP contribution in [-0.4, -0.2) is 60.2 Å². The molecule has 1 heterocycles. The van der Waals surface area contributed by atoms with Crippen LogP contribution < -0.4 is 0 Å². The number of hydrogen-bond donors (Lipinski definition) is 1. The molecule has 6 nitrogen and oxygen atoms in total. The number of carboxylic acid groups (broad SMARTS) is 1. The van der Waals surface area contributed by atoms with Gasteiger partial charge in [-0.15, -0.1) is 0 Å². The zero-order chi connectivity index (χ0) is 13.0. The zero-order valence-corrected chi connectivity index (χ0v) is 10.5. The highest BCUT2D eigenvalue weighted by atomic mass is 16.7. The molecule has 1 N–H and O–H groups in total. The van der Waals surface area contributed by atoms with E-state index in [1.165, 1.54) is 12.0 Å². The highest BCUT2D eigenvalue weighted by Gasteiger charge is 2.35. The average molecular weight is 244 g/mol. The van der Waals surface area contributed by atoms with Gasteiger partial charge in [-0.1, -0.05) is 6.92 Å². The first-order valence-corrected chi connectivity index (χ1v) is 5.76. The molecule has 1 saturated heterocycles.